The van der Waals surface area contributed by atoms with Gasteiger partial charge in [-0.3, -0.25) is 10.1 Å². The highest BCUT2D eigenvalue weighted by molar-refractivity contribution is 7.91. The van der Waals surface area contributed by atoms with Gasteiger partial charge in [-0.15, -0.1) is 0 Å². The number of hydrogen-bond acceptors (Lipinski definition) is 7. The summed E-state index contributed by atoms with van der Waals surface area (Å²) < 4.78 is 29.5. The molecule has 8 nitrogen and oxygen atoms in total. The van der Waals surface area contributed by atoms with E-state index >= 15 is 0 Å². The molecule has 0 spiro atoms. The monoisotopic (exact) mass is 293 g/mol. The molecule has 1 aromatic heterocycles. The molecule has 0 aliphatic rings. The molecule has 2 rings (SSSR count). The van der Waals surface area contributed by atoms with Gasteiger partial charge in [-0.25, -0.2) is 13.4 Å². The summed E-state index contributed by atoms with van der Waals surface area (Å²) in [5, 5.41) is 18.8. The van der Waals surface area contributed by atoms with Crippen molar-refractivity contribution in [2.24, 2.45) is 0 Å². The van der Waals surface area contributed by atoms with Crippen LogP contribution >= 0.6 is 0 Å². The number of nitrogens with zero attached hydrogens (tertiary/aromatic N) is 3. The van der Waals surface area contributed by atoms with Gasteiger partial charge in [0.2, 0.25) is 9.84 Å². The van der Waals surface area contributed by atoms with Crippen LogP contribution < -0.4 is 0 Å². The van der Waals surface area contributed by atoms with E-state index in [9.17, 15) is 18.5 Å². The Kier molecular flexibility index (Phi) is 3.25. The van der Waals surface area contributed by atoms with Gasteiger partial charge < -0.3 is 4.42 Å². The second-order valence-corrected chi connectivity index (χ2v) is 5.58. The van der Waals surface area contributed by atoms with Gasteiger partial charge in [0.1, 0.15) is 6.07 Å². The van der Waals surface area contributed by atoms with Crippen molar-refractivity contribution < 1.29 is 17.8 Å². The first kappa shape index (κ1) is 13.7. The van der Waals surface area contributed by atoms with Gasteiger partial charge in [0.25, 0.3) is 10.8 Å². The standard InChI is InChI=1S/C11H7N3O5S/c1-7-13-10(6-12)11(19-7)20(17,18)9-4-2-8(3-5-9)14(15)16/h2-5H,1H3. The zero-order chi connectivity index (χ0) is 14.9. The van der Waals surface area contributed by atoms with Crippen LogP contribution in [-0.2, 0) is 9.84 Å². The Morgan fingerprint density at radius 1 is 1.35 bits per heavy atom. The van der Waals surface area contributed by atoms with E-state index in [0.717, 1.165) is 24.3 Å². The summed E-state index contributed by atoms with van der Waals surface area (Å²) in [6, 6.07) is 5.90. The van der Waals surface area contributed by atoms with Crippen LogP contribution in [0.2, 0.25) is 0 Å². The molecule has 0 aliphatic heterocycles. The molecule has 20 heavy (non-hydrogen) atoms. The second-order valence-electron chi connectivity index (χ2n) is 3.74. The number of hydrogen-bond donors (Lipinski definition) is 0. The zero-order valence-corrected chi connectivity index (χ0v) is 10.9. The van der Waals surface area contributed by atoms with Crippen LogP contribution in [0.1, 0.15) is 11.6 Å². The molecule has 0 saturated carbocycles. The minimum atomic E-state index is -4.08. The van der Waals surface area contributed by atoms with Gasteiger partial charge >= 0.3 is 0 Å². The first-order valence-corrected chi connectivity index (χ1v) is 6.71. The van der Waals surface area contributed by atoms with Crippen LogP contribution in [-0.4, -0.2) is 18.3 Å². The first-order chi connectivity index (χ1) is 9.36. The van der Waals surface area contributed by atoms with Crippen molar-refractivity contribution in [2.75, 3.05) is 0 Å². The fourth-order valence-corrected chi connectivity index (χ4v) is 2.80. The molecule has 0 atom stereocenters. The van der Waals surface area contributed by atoms with E-state index in [2.05, 4.69) is 4.98 Å². The highest BCUT2D eigenvalue weighted by Gasteiger charge is 2.28. The molecule has 0 saturated heterocycles. The van der Waals surface area contributed by atoms with Gasteiger partial charge in [0.15, 0.2) is 11.6 Å². The fraction of sp³-hybridized carbons (Fsp3) is 0.0909. The molecule has 2 aromatic rings. The van der Waals surface area contributed by atoms with Crippen LogP contribution in [0.25, 0.3) is 0 Å². The first-order valence-electron chi connectivity index (χ1n) is 5.23. The number of non-ortho nitro benzene ring substituents is 1. The molecule has 0 N–H and O–H groups in total. The quantitative estimate of drug-likeness (QED) is 0.621. The lowest BCUT2D eigenvalue weighted by atomic mass is 10.3. The minimum absolute atomic E-state index is 0.0436. The normalized spacial score (nSPS) is 11.0. The zero-order valence-electron chi connectivity index (χ0n) is 10.1. The molecule has 1 aromatic carbocycles. The van der Waals surface area contributed by atoms with Crippen LogP contribution in [0.5, 0.6) is 0 Å². The number of aryl methyl sites for hydroxylation is 1. The smallest absolute Gasteiger partial charge is 0.269 e. The van der Waals surface area contributed by atoms with Crippen LogP contribution in [0.4, 0.5) is 5.69 Å². The number of sulfone groups is 1. The molecule has 0 aliphatic carbocycles. The average Bonchev–Trinajstić information content (AvgIpc) is 2.81. The van der Waals surface area contributed by atoms with Crippen LogP contribution in [0.15, 0.2) is 38.7 Å². The van der Waals surface area contributed by atoms with Crippen LogP contribution in [0, 0.1) is 28.4 Å². The van der Waals surface area contributed by atoms with Crippen molar-refractivity contribution in [3.8, 4) is 6.07 Å². The predicted molar refractivity (Wildman–Crippen MR) is 64.5 cm³/mol. The van der Waals surface area contributed by atoms with Crippen molar-refractivity contribution in [2.45, 2.75) is 16.9 Å². The maximum absolute atomic E-state index is 12.3. The summed E-state index contributed by atoms with van der Waals surface area (Å²) >= 11 is 0. The summed E-state index contributed by atoms with van der Waals surface area (Å²) in [5.41, 5.74) is -0.584. The third-order valence-corrected chi connectivity index (χ3v) is 4.07. The van der Waals surface area contributed by atoms with E-state index in [1.807, 2.05) is 0 Å². The summed E-state index contributed by atoms with van der Waals surface area (Å²) in [5.74, 6) is 0.0436. The largest absolute Gasteiger partial charge is 0.428 e. The fourth-order valence-electron chi connectivity index (χ4n) is 1.52. The number of rotatable bonds is 3. The highest BCUT2D eigenvalue weighted by Crippen LogP contribution is 2.26. The Morgan fingerprint density at radius 2 is 1.95 bits per heavy atom. The van der Waals surface area contributed by atoms with Crippen molar-refractivity contribution in [1.29, 1.82) is 5.26 Å². The van der Waals surface area contributed by atoms with Crippen molar-refractivity contribution in [3.63, 3.8) is 0 Å². The second kappa shape index (κ2) is 4.75. The van der Waals surface area contributed by atoms with Crippen LogP contribution in [0.3, 0.4) is 0 Å². The highest BCUT2D eigenvalue weighted by atomic mass is 32.2. The van der Waals surface area contributed by atoms with Crippen molar-refractivity contribution in [1.82, 2.24) is 4.98 Å². The topological polar surface area (TPSA) is 127 Å². The molecule has 1 heterocycles. The Morgan fingerprint density at radius 3 is 2.45 bits per heavy atom. The molecule has 9 heteroatoms. The summed E-state index contributed by atoms with van der Waals surface area (Å²) in [6.45, 7) is 1.41. The van der Waals surface area contributed by atoms with Gasteiger partial charge in [-0.05, 0) is 12.1 Å². The minimum Gasteiger partial charge on any atom is -0.428 e. The van der Waals surface area contributed by atoms with Gasteiger partial charge in [0.05, 0.1) is 9.82 Å². The number of nitriles is 1. The van der Waals surface area contributed by atoms with Crippen molar-refractivity contribution >= 4 is 15.5 Å². The van der Waals surface area contributed by atoms with E-state index < -0.39 is 19.9 Å². The van der Waals surface area contributed by atoms with Crippen molar-refractivity contribution in [3.05, 3.63) is 46.0 Å². The Labute approximate surface area is 113 Å². The van der Waals surface area contributed by atoms with E-state index in [4.69, 9.17) is 9.68 Å². The molecule has 0 unspecified atom stereocenters. The summed E-state index contributed by atoms with van der Waals surface area (Å²) in [4.78, 5) is 13.3. The van der Waals surface area contributed by atoms with Gasteiger partial charge in [-0.2, -0.15) is 5.26 Å². The Balaban J connectivity index is 2.55. The molecule has 102 valence electrons. The average molecular weight is 293 g/mol. The molecule has 0 bridgehead atoms. The van der Waals surface area contributed by atoms with Gasteiger partial charge in [0, 0.05) is 19.1 Å². The number of nitro benzene ring substituents is 1. The lowest BCUT2D eigenvalue weighted by molar-refractivity contribution is -0.384. The third kappa shape index (κ3) is 2.24. The molecular weight excluding hydrogens is 286 g/mol. The molecule has 0 amide bonds. The summed E-state index contributed by atoms with van der Waals surface area (Å²) in [6.07, 6.45) is 0. The Bertz CT molecular complexity index is 815. The molecule has 0 radical (unpaired) electrons. The Hall–Kier alpha value is -2.73. The van der Waals surface area contributed by atoms with E-state index in [1.54, 1.807) is 6.07 Å². The maximum atomic E-state index is 12.3. The van der Waals surface area contributed by atoms with Gasteiger partial charge in [-0.1, -0.05) is 0 Å². The lowest BCUT2D eigenvalue weighted by Gasteiger charge is -2.00. The number of oxazole rings is 1. The lowest BCUT2D eigenvalue weighted by Crippen LogP contribution is -2.03. The molecular formula is C11H7N3O5S. The molecule has 0 fully saturated rings. The number of aromatic nitrogens is 1. The number of benzene rings is 1. The van der Waals surface area contributed by atoms with E-state index in [0.29, 0.717) is 0 Å². The summed E-state index contributed by atoms with van der Waals surface area (Å²) in [7, 11) is -4.08. The van der Waals surface area contributed by atoms with E-state index in [-0.39, 0.29) is 22.2 Å². The van der Waals surface area contributed by atoms with E-state index in [1.165, 1.54) is 6.92 Å². The predicted octanol–water partition coefficient (Wildman–Crippen LogP) is 1.60. The SMILES string of the molecule is Cc1nc(C#N)c(S(=O)(=O)c2ccc([N+](=O)[O-])cc2)o1. The number of nitro groups is 1. The maximum Gasteiger partial charge on any atom is 0.269 e. The third-order valence-electron chi connectivity index (χ3n) is 2.41.